The van der Waals surface area contributed by atoms with Crippen LogP contribution in [0.3, 0.4) is 0 Å². The molecule has 1 aliphatic rings. The van der Waals surface area contributed by atoms with Crippen LogP contribution in [0.4, 0.5) is 0 Å². The highest BCUT2D eigenvalue weighted by Gasteiger charge is 2.30. The van der Waals surface area contributed by atoms with Crippen molar-refractivity contribution in [2.24, 2.45) is 11.7 Å². The number of benzene rings is 1. The molecular weight excluding hydrogens is 306 g/mol. The molecule has 0 amide bonds. The average Bonchev–Trinajstić information content (AvgIpc) is 2.52. The summed E-state index contributed by atoms with van der Waals surface area (Å²) in [4.78, 5) is 0. The van der Waals surface area contributed by atoms with Crippen molar-refractivity contribution in [3.05, 3.63) is 28.8 Å². The van der Waals surface area contributed by atoms with Crippen LogP contribution in [0.1, 0.15) is 103 Å². The number of phenols is 1. The van der Waals surface area contributed by atoms with Crippen molar-refractivity contribution in [2.45, 2.75) is 103 Å². The van der Waals surface area contributed by atoms with Gasteiger partial charge in [-0.25, -0.2) is 0 Å². The summed E-state index contributed by atoms with van der Waals surface area (Å²) in [7, 11) is 0. The Hall–Kier alpha value is -1.02. The van der Waals surface area contributed by atoms with E-state index in [1.807, 2.05) is 0 Å². The van der Waals surface area contributed by atoms with E-state index in [0.717, 1.165) is 17.5 Å². The van der Waals surface area contributed by atoms with E-state index in [4.69, 9.17) is 5.73 Å². The van der Waals surface area contributed by atoms with E-state index in [9.17, 15) is 5.11 Å². The predicted octanol–water partition coefficient (Wildman–Crippen LogP) is 6.00. The van der Waals surface area contributed by atoms with Crippen molar-refractivity contribution in [1.82, 2.24) is 0 Å². The third kappa shape index (κ3) is 4.58. The zero-order chi connectivity index (χ0) is 19.0. The number of hydrogen-bond donors (Lipinski definition) is 2. The molecule has 2 heteroatoms. The number of hydrogen-bond acceptors (Lipinski definition) is 2. The van der Waals surface area contributed by atoms with Gasteiger partial charge in [0.05, 0.1) is 0 Å². The lowest BCUT2D eigenvalue weighted by atomic mass is 9.72. The van der Waals surface area contributed by atoms with Gasteiger partial charge < -0.3 is 10.8 Å². The van der Waals surface area contributed by atoms with Crippen molar-refractivity contribution in [2.75, 3.05) is 0 Å². The van der Waals surface area contributed by atoms with Crippen LogP contribution < -0.4 is 5.73 Å². The first kappa shape index (κ1) is 20.3. The first-order valence-corrected chi connectivity index (χ1v) is 10.1. The molecule has 25 heavy (non-hydrogen) atoms. The van der Waals surface area contributed by atoms with Gasteiger partial charge in [0.2, 0.25) is 0 Å². The van der Waals surface area contributed by atoms with E-state index in [0.29, 0.717) is 23.6 Å². The van der Waals surface area contributed by atoms with Gasteiger partial charge in [0.15, 0.2) is 0 Å². The molecule has 0 saturated heterocycles. The van der Waals surface area contributed by atoms with E-state index < -0.39 is 0 Å². The summed E-state index contributed by atoms with van der Waals surface area (Å²) < 4.78 is 0. The van der Waals surface area contributed by atoms with Crippen molar-refractivity contribution >= 4 is 0 Å². The van der Waals surface area contributed by atoms with Crippen LogP contribution in [0.2, 0.25) is 0 Å². The SMILES string of the molecule is CCC(N)C1CCC(c2cc(C(C)(C)C)c(O)c(C(C)(C)C)c2)CC1. The second-order valence-corrected chi connectivity index (χ2v) is 10.1. The smallest absolute Gasteiger partial charge is 0.123 e. The molecule has 0 aliphatic heterocycles. The molecule has 1 aliphatic carbocycles. The molecule has 2 nitrogen and oxygen atoms in total. The van der Waals surface area contributed by atoms with Crippen LogP contribution in [0.15, 0.2) is 12.1 Å². The van der Waals surface area contributed by atoms with Gasteiger partial charge in [0.1, 0.15) is 5.75 Å². The Morgan fingerprint density at radius 1 is 0.960 bits per heavy atom. The summed E-state index contributed by atoms with van der Waals surface area (Å²) in [6, 6.07) is 4.90. The molecule has 1 aromatic rings. The maximum Gasteiger partial charge on any atom is 0.123 e. The molecular formula is C23H39NO. The topological polar surface area (TPSA) is 46.2 Å². The molecule has 0 heterocycles. The van der Waals surface area contributed by atoms with Crippen LogP contribution in [0.25, 0.3) is 0 Å². The monoisotopic (exact) mass is 345 g/mol. The molecule has 1 aromatic carbocycles. The van der Waals surface area contributed by atoms with E-state index in [2.05, 4.69) is 60.6 Å². The molecule has 0 bridgehead atoms. The zero-order valence-corrected chi connectivity index (χ0v) is 17.4. The van der Waals surface area contributed by atoms with Crippen LogP contribution >= 0.6 is 0 Å². The second-order valence-electron chi connectivity index (χ2n) is 10.1. The van der Waals surface area contributed by atoms with Gasteiger partial charge in [-0.3, -0.25) is 0 Å². The molecule has 0 spiro atoms. The summed E-state index contributed by atoms with van der Waals surface area (Å²) in [5.74, 6) is 1.77. The van der Waals surface area contributed by atoms with Crippen LogP contribution in [0.5, 0.6) is 5.75 Å². The van der Waals surface area contributed by atoms with E-state index >= 15 is 0 Å². The summed E-state index contributed by atoms with van der Waals surface area (Å²) >= 11 is 0. The van der Waals surface area contributed by atoms with Gasteiger partial charge in [0, 0.05) is 6.04 Å². The predicted molar refractivity (Wildman–Crippen MR) is 108 cm³/mol. The standard InChI is InChI=1S/C23H39NO/c1-8-20(24)16-11-9-15(10-12-16)17-13-18(22(2,3)4)21(25)19(14-17)23(5,6)7/h13-16,20,25H,8-12,24H2,1-7H3. The van der Waals surface area contributed by atoms with Gasteiger partial charge in [-0.2, -0.15) is 0 Å². The highest BCUT2D eigenvalue weighted by molar-refractivity contribution is 5.50. The molecule has 1 atom stereocenters. The number of nitrogens with two attached hydrogens (primary N) is 1. The Morgan fingerprint density at radius 3 is 1.76 bits per heavy atom. The minimum Gasteiger partial charge on any atom is -0.507 e. The summed E-state index contributed by atoms with van der Waals surface area (Å²) in [6.07, 6.45) is 5.98. The third-order valence-electron chi connectivity index (χ3n) is 6.07. The fourth-order valence-corrected chi connectivity index (χ4v) is 4.25. The van der Waals surface area contributed by atoms with Crippen LogP contribution in [-0.2, 0) is 10.8 Å². The fraction of sp³-hybridized carbons (Fsp3) is 0.739. The van der Waals surface area contributed by atoms with Crippen molar-refractivity contribution in [3.8, 4) is 5.75 Å². The van der Waals surface area contributed by atoms with E-state index in [1.54, 1.807) is 0 Å². The number of aromatic hydroxyl groups is 1. The highest BCUT2D eigenvalue weighted by Crippen LogP contribution is 2.44. The second kappa shape index (κ2) is 7.31. The Labute approximate surface area is 155 Å². The van der Waals surface area contributed by atoms with Crippen LogP contribution in [-0.4, -0.2) is 11.1 Å². The average molecular weight is 346 g/mol. The van der Waals surface area contributed by atoms with Crippen molar-refractivity contribution in [1.29, 1.82) is 0 Å². The Kier molecular flexibility index (Phi) is 5.93. The van der Waals surface area contributed by atoms with Crippen molar-refractivity contribution < 1.29 is 5.11 Å². The Bertz CT molecular complexity index is 548. The Morgan fingerprint density at radius 2 is 1.40 bits per heavy atom. The fourth-order valence-electron chi connectivity index (χ4n) is 4.25. The first-order valence-electron chi connectivity index (χ1n) is 10.1. The lowest BCUT2D eigenvalue weighted by Gasteiger charge is -2.34. The molecule has 142 valence electrons. The molecule has 1 unspecified atom stereocenters. The normalized spacial score (nSPS) is 23.5. The van der Waals surface area contributed by atoms with Gasteiger partial charge in [-0.05, 0) is 71.5 Å². The summed E-state index contributed by atoms with van der Waals surface area (Å²) in [5.41, 5.74) is 9.76. The maximum atomic E-state index is 10.9. The molecule has 1 fully saturated rings. The number of rotatable bonds is 3. The van der Waals surface area contributed by atoms with Crippen molar-refractivity contribution in [3.63, 3.8) is 0 Å². The molecule has 3 N–H and O–H groups in total. The third-order valence-corrected chi connectivity index (χ3v) is 6.07. The maximum absolute atomic E-state index is 10.9. The molecule has 1 saturated carbocycles. The van der Waals surface area contributed by atoms with Gasteiger partial charge in [-0.1, -0.05) is 60.6 Å². The quantitative estimate of drug-likeness (QED) is 0.706. The first-order chi connectivity index (χ1) is 11.4. The lowest BCUT2D eigenvalue weighted by molar-refractivity contribution is 0.277. The molecule has 0 radical (unpaired) electrons. The summed E-state index contributed by atoms with van der Waals surface area (Å²) in [6.45, 7) is 15.3. The van der Waals surface area contributed by atoms with Gasteiger partial charge in [0.25, 0.3) is 0 Å². The zero-order valence-electron chi connectivity index (χ0n) is 17.4. The minimum absolute atomic E-state index is 0.0537. The van der Waals surface area contributed by atoms with E-state index in [-0.39, 0.29) is 10.8 Å². The summed E-state index contributed by atoms with van der Waals surface area (Å²) in [5, 5.41) is 10.9. The lowest BCUT2D eigenvalue weighted by Crippen LogP contribution is -2.32. The van der Waals surface area contributed by atoms with Crippen LogP contribution in [0, 0.1) is 5.92 Å². The number of phenolic OH excluding ortho intramolecular Hbond substituents is 1. The highest BCUT2D eigenvalue weighted by atomic mass is 16.3. The van der Waals surface area contributed by atoms with Gasteiger partial charge >= 0.3 is 0 Å². The molecule has 2 rings (SSSR count). The van der Waals surface area contributed by atoms with Gasteiger partial charge in [-0.15, -0.1) is 0 Å². The minimum atomic E-state index is -0.0537. The Balaban J connectivity index is 2.36. The largest absolute Gasteiger partial charge is 0.507 e. The van der Waals surface area contributed by atoms with E-state index in [1.165, 1.54) is 31.2 Å². The molecule has 0 aromatic heterocycles.